The van der Waals surface area contributed by atoms with Gasteiger partial charge in [0.05, 0.1) is 0 Å². The molecule has 2 aromatic carbocycles. The molecule has 0 aliphatic carbocycles. The van der Waals surface area contributed by atoms with E-state index in [1.54, 1.807) is 13.1 Å². The van der Waals surface area contributed by atoms with Crippen LogP contribution in [0.3, 0.4) is 0 Å². The van der Waals surface area contributed by atoms with Gasteiger partial charge in [0.2, 0.25) is 0 Å². The number of aliphatic imine (C=N–C) groups is 1. The number of guanidine groups is 1. The molecule has 3 N–H and O–H groups in total. The van der Waals surface area contributed by atoms with Crippen molar-refractivity contribution in [2.24, 2.45) is 4.99 Å². The van der Waals surface area contributed by atoms with E-state index in [4.69, 9.17) is 9.47 Å². The van der Waals surface area contributed by atoms with Gasteiger partial charge in [-0.3, -0.25) is 4.99 Å². The number of nitrogens with one attached hydrogen (secondary N) is 3. The minimum Gasteiger partial charge on any atom is -0.489 e. The summed E-state index contributed by atoms with van der Waals surface area (Å²) in [6.45, 7) is 9.34. The van der Waals surface area contributed by atoms with Gasteiger partial charge in [0.25, 0.3) is 0 Å². The quantitative estimate of drug-likeness (QED) is 0.173. The number of hydrogen-bond donors (Lipinski definition) is 3. The molecule has 0 amide bonds. The van der Waals surface area contributed by atoms with E-state index in [0.717, 1.165) is 49.9 Å². The average Bonchev–Trinajstić information content (AvgIpc) is 2.84. The molecule has 0 radical (unpaired) electrons. The van der Waals surface area contributed by atoms with Crippen LogP contribution in [0.25, 0.3) is 0 Å². The first kappa shape index (κ1) is 27.1. The Bertz CT molecular complexity index is 870. The molecule has 6 nitrogen and oxygen atoms in total. The predicted molar refractivity (Wildman–Crippen MR) is 147 cm³/mol. The van der Waals surface area contributed by atoms with Gasteiger partial charge in [-0.2, -0.15) is 0 Å². The third-order valence-electron chi connectivity index (χ3n) is 5.87. The van der Waals surface area contributed by atoms with Gasteiger partial charge in [0, 0.05) is 50.5 Å². The summed E-state index contributed by atoms with van der Waals surface area (Å²) in [5, 5.41) is 10.8. The van der Waals surface area contributed by atoms with E-state index in [1.807, 2.05) is 18.2 Å². The van der Waals surface area contributed by atoms with Crippen LogP contribution >= 0.6 is 24.0 Å². The Hall–Kier alpha value is -2.10. The lowest BCUT2D eigenvalue weighted by molar-refractivity contribution is 0.0355. The smallest absolute Gasteiger partial charge is 0.191 e. The van der Waals surface area contributed by atoms with Crippen molar-refractivity contribution in [2.45, 2.75) is 37.9 Å². The molecule has 1 aliphatic rings. The third-order valence-corrected chi connectivity index (χ3v) is 5.87. The molecule has 1 unspecified atom stereocenters. The number of ether oxygens (including phenoxy) is 2. The summed E-state index contributed by atoms with van der Waals surface area (Å²) in [5.41, 5.74) is 2.31. The lowest BCUT2D eigenvalue weighted by Gasteiger charge is -2.41. The average molecular weight is 565 g/mol. The van der Waals surface area contributed by atoms with Gasteiger partial charge in [-0.25, -0.2) is 0 Å². The molecule has 3 rings (SSSR count). The number of nitrogens with zero attached hydrogens (tertiary/aromatic N) is 1. The summed E-state index contributed by atoms with van der Waals surface area (Å²) in [7, 11) is 1.80. The summed E-state index contributed by atoms with van der Waals surface area (Å²) < 4.78 is 11.4. The monoisotopic (exact) mass is 564 g/mol. The van der Waals surface area contributed by atoms with Crippen LogP contribution in [0.2, 0.25) is 0 Å². The van der Waals surface area contributed by atoms with E-state index in [2.05, 4.69) is 70.8 Å². The highest BCUT2D eigenvalue weighted by atomic mass is 127. The number of benzene rings is 2. The maximum absolute atomic E-state index is 5.77. The van der Waals surface area contributed by atoms with Crippen molar-refractivity contribution >= 4 is 29.9 Å². The first-order valence-electron chi connectivity index (χ1n) is 11.3. The van der Waals surface area contributed by atoms with Gasteiger partial charge in [0.1, 0.15) is 12.4 Å². The maximum atomic E-state index is 5.77. The second-order valence-corrected chi connectivity index (χ2v) is 8.16. The van der Waals surface area contributed by atoms with Crippen LogP contribution in [0, 0.1) is 0 Å². The minimum atomic E-state index is -0.0594. The normalized spacial score (nSPS) is 16.2. The molecule has 0 bridgehead atoms. The molecule has 0 saturated carbocycles. The molecule has 180 valence electrons. The highest BCUT2D eigenvalue weighted by Crippen LogP contribution is 2.25. The topological polar surface area (TPSA) is 66.9 Å². The van der Waals surface area contributed by atoms with E-state index >= 15 is 0 Å². The maximum Gasteiger partial charge on any atom is 0.191 e. The van der Waals surface area contributed by atoms with Gasteiger partial charge in [0.15, 0.2) is 5.96 Å². The van der Waals surface area contributed by atoms with Crippen molar-refractivity contribution in [2.75, 3.05) is 33.4 Å². The molecule has 1 fully saturated rings. The molecule has 1 atom stereocenters. The predicted octanol–water partition coefficient (Wildman–Crippen LogP) is 4.43. The van der Waals surface area contributed by atoms with Crippen LogP contribution in [-0.4, -0.2) is 44.9 Å². The zero-order valence-corrected chi connectivity index (χ0v) is 22.0. The van der Waals surface area contributed by atoms with Crippen LogP contribution in [0.5, 0.6) is 5.75 Å². The summed E-state index contributed by atoms with van der Waals surface area (Å²) in [6.07, 6.45) is 3.65. The second-order valence-electron chi connectivity index (χ2n) is 8.16. The van der Waals surface area contributed by atoms with E-state index in [-0.39, 0.29) is 35.6 Å². The standard InChI is InChI=1S/C26H36N4O2.HI/c1-4-16-32-24-13-9-8-12-23(24)19-28-25(27-3)29-20-26(14-17-31-18-15-26)30-21(2)22-10-6-5-7-11-22;/h4-13,21,30H,1,14-20H2,2-3H3,(H2,27,28,29);1H. The Morgan fingerprint density at radius 1 is 1.12 bits per heavy atom. The molecule has 1 aliphatic heterocycles. The molecular formula is C26H37IN4O2. The van der Waals surface area contributed by atoms with Gasteiger partial charge in [-0.05, 0) is 31.4 Å². The highest BCUT2D eigenvalue weighted by Gasteiger charge is 2.34. The Kier molecular flexibility index (Phi) is 11.7. The summed E-state index contributed by atoms with van der Waals surface area (Å²) in [6, 6.07) is 18.8. The fourth-order valence-electron chi connectivity index (χ4n) is 4.01. The largest absolute Gasteiger partial charge is 0.489 e. The van der Waals surface area contributed by atoms with Crippen molar-refractivity contribution < 1.29 is 9.47 Å². The lowest BCUT2D eigenvalue weighted by atomic mass is 9.88. The Morgan fingerprint density at radius 2 is 1.82 bits per heavy atom. The summed E-state index contributed by atoms with van der Waals surface area (Å²) in [5.74, 6) is 1.62. The molecule has 2 aromatic rings. The number of halogens is 1. The third kappa shape index (κ3) is 8.32. The van der Waals surface area contributed by atoms with E-state index < -0.39 is 0 Å². The Morgan fingerprint density at radius 3 is 2.52 bits per heavy atom. The molecular weight excluding hydrogens is 527 g/mol. The van der Waals surface area contributed by atoms with E-state index in [0.29, 0.717) is 13.2 Å². The lowest BCUT2D eigenvalue weighted by Crippen LogP contribution is -2.58. The molecule has 1 heterocycles. The molecule has 7 heteroatoms. The molecule has 1 saturated heterocycles. The molecule has 33 heavy (non-hydrogen) atoms. The van der Waals surface area contributed by atoms with Crippen molar-refractivity contribution in [1.82, 2.24) is 16.0 Å². The van der Waals surface area contributed by atoms with Crippen molar-refractivity contribution in [3.05, 3.63) is 78.4 Å². The minimum absolute atomic E-state index is 0. The van der Waals surface area contributed by atoms with Gasteiger partial charge in [-0.15, -0.1) is 24.0 Å². The molecule has 0 spiro atoms. The number of para-hydroxylation sites is 1. The number of hydrogen-bond acceptors (Lipinski definition) is 4. The van der Waals surface area contributed by atoms with Crippen LogP contribution < -0.4 is 20.7 Å². The SMILES string of the molecule is C=CCOc1ccccc1CNC(=NC)NCC1(NC(C)c2ccccc2)CCOCC1.I. The van der Waals surface area contributed by atoms with E-state index in [1.165, 1.54) is 5.56 Å². The second kappa shape index (κ2) is 14.2. The van der Waals surface area contributed by atoms with E-state index in [9.17, 15) is 0 Å². The number of rotatable bonds is 10. The fourth-order valence-corrected chi connectivity index (χ4v) is 4.01. The highest BCUT2D eigenvalue weighted by molar-refractivity contribution is 14.0. The van der Waals surface area contributed by atoms with Crippen LogP contribution in [0.4, 0.5) is 0 Å². The fraction of sp³-hybridized carbons (Fsp3) is 0.423. The van der Waals surface area contributed by atoms with Crippen LogP contribution in [-0.2, 0) is 11.3 Å². The zero-order valence-electron chi connectivity index (χ0n) is 19.7. The first-order valence-corrected chi connectivity index (χ1v) is 11.3. The van der Waals surface area contributed by atoms with Gasteiger partial charge < -0.3 is 25.4 Å². The van der Waals surface area contributed by atoms with Crippen LogP contribution in [0.15, 0.2) is 72.2 Å². The van der Waals surface area contributed by atoms with Gasteiger partial charge >= 0.3 is 0 Å². The zero-order chi connectivity index (χ0) is 22.7. The van der Waals surface area contributed by atoms with Gasteiger partial charge in [-0.1, -0.05) is 61.2 Å². The van der Waals surface area contributed by atoms with Crippen molar-refractivity contribution in [3.8, 4) is 5.75 Å². The van der Waals surface area contributed by atoms with Crippen molar-refractivity contribution in [1.29, 1.82) is 0 Å². The van der Waals surface area contributed by atoms with Crippen LogP contribution in [0.1, 0.15) is 36.9 Å². The first-order chi connectivity index (χ1) is 15.7. The summed E-state index contributed by atoms with van der Waals surface area (Å²) >= 11 is 0. The van der Waals surface area contributed by atoms with Crippen molar-refractivity contribution in [3.63, 3.8) is 0 Å². The Balaban J connectivity index is 0.00000385. The summed E-state index contributed by atoms with van der Waals surface area (Å²) in [4.78, 5) is 4.43. The Labute approximate surface area is 215 Å². The molecule has 0 aromatic heterocycles.